The van der Waals surface area contributed by atoms with Gasteiger partial charge in [-0.2, -0.15) is 0 Å². The number of carbonyl (C=O) groups is 1. The van der Waals surface area contributed by atoms with Crippen molar-refractivity contribution in [3.8, 4) is 0 Å². The summed E-state index contributed by atoms with van der Waals surface area (Å²) in [6.45, 7) is 1.89. The summed E-state index contributed by atoms with van der Waals surface area (Å²) in [4.78, 5) is 12.8. The van der Waals surface area contributed by atoms with Crippen molar-refractivity contribution >= 4 is 28.8 Å². The van der Waals surface area contributed by atoms with Gasteiger partial charge >= 0.3 is 0 Å². The highest BCUT2D eigenvalue weighted by Gasteiger charge is 2.33. The van der Waals surface area contributed by atoms with E-state index in [1.54, 1.807) is 0 Å². The predicted molar refractivity (Wildman–Crippen MR) is 74.4 cm³/mol. The summed E-state index contributed by atoms with van der Waals surface area (Å²) in [6.07, 6.45) is 4.97. The van der Waals surface area contributed by atoms with Gasteiger partial charge < -0.3 is 10.4 Å². The summed E-state index contributed by atoms with van der Waals surface area (Å²) in [5.74, 6) is -0.158. The number of aliphatic hydroxyl groups is 1. The Morgan fingerprint density at radius 3 is 2.67 bits per heavy atom. The van der Waals surface area contributed by atoms with Gasteiger partial charge in [0.25, 0.3) is 5.91 Å². The molecule has 2 rings (SSSR count). The number of hydrogen-bond donors (Lipinski definition) is 2. The van der Waals surface area contributed by atoms with E-state index in [-0.39, 0.29) is 12.5 Å². The molecule has 5 heteroatoms. The van der Waals surface area contributed by atoms with E-state index >= 15 is 0 Å². The number of aryl methyl sites for hydroxylation is 1. The van der Waals surface area contributed by atoms with Gasteiger partial charge in [-0.05, 0) is 30.7 Å². The van der Waals surface area contributed by atoms with Gasteiger partial charge in [-0.1, -0.05) is 30.9 Å². The quantitative estimate of drug-likeness (QED) is 0.897. The second kappa shape index (κ2) is 5.59. The van der Waals surface area contributed by atoms with Crippen molar-refractivity contribution in [1.82, 2.24) is 5.32 Å². The van der Waals surface area contributed by atoms with Gasteiger partial charge in [-0.25, -0.2) is 0 Å². The van der Waals surface area contributed by atoms with E-state index in [9.17, 15) is 9.90 Å². The fraction of sp³-hybridized carbons (Fsp3) is 0.615. The number of halogens is 1. The Bertz CT molecular complexity index is 438. The molecule has 0 bridgehead atoms. The topological polar surface area (TPSA) is 49.3 Å². The summed E-state index contributed by atoms with van der Waals surface area (Å²) in [5, 5.41) is 15.0. The van der Waals surface area contributed by atoms with Crippen molar-refractivity contribution in [3.05, 3.63) is 20.8 Å². The molecule has 100 valence electrons. The summed E-state index contributed by atoms with van der Waals surface area (Å²) in [6, 6.07) is 0. The molecule has 1 saturated carbocycles. The Balaban J connectivity index is 2.12. The Hall–Kier alpha value is -0.580. The number of aliphatic hydroxyl groups excluding tert-OH is 1. The maximum absolute atomic E-state index is 12.2. The third-order valence-electron chi connectivity index (χ3n) is 3.60. The standard InChI is InChI=1S/C13H18ClNO2S/c1-9-7-18-11(10(9)14)12(17)15-13(8-16)5-3-2-4-6-13/h7,16H,2-6,8H2,1H3,(H,15,17). The Morgan fingerprint density at radius 1 is 1.50 bits per heavy atom. The molecule has 1 fully saturated rings. The van der Waals surface area contributed by atoms with E-state index in [4.69, 9.17) is 11.6 Å². The minimum atomic E-state index is -0.448. The monoisotopic (exact) mass is 287 g/mol. The van der Waals surface area contributed by atoms with Crippen molar-refractivity contribution in [2.24, 2.45) is 0 Å². The highest BCUT2D eigenvalue weighted by Crippen LogP contribution is 2.31. The maximum atomic E-state index is 12.2. The molecule has 3 nitrogen and oxygen atoms in total. The molecular formula is C13H18ClNO2S. The van der Waals surface area contributed by atoms with Crippen LogP contribution in [0.15, 0.2) is 5.38 Å². The van der Waals surface area contributed by atoms with Crippen LogP contribution in [0.5, 0.6) is 0 Å². The Labute approximate surface area is 116 Å². The molecule has 1 aliphatic rings. The lowest BCUT2D eigenvalue weighted by molar-refractivity contribution is 0.0762. The fourth-order valence-electron chi connectivity index (χ4n) is 2.43. The summed E-state index contributed by atoms with van der Waals surface area (Å²) >= 11 is 7.45. The van der Waals surface area contributed by atoms with Crippen LogP contribution in [0.25, 0.3) is 0 Å². The predicted octanol–water partition coefficient (Wildman–Crippen LogP) is 3.13. The van der Waals surface area contributed by atoms with Crippen LogP contribution in [0.1, 0.15) is 47.3 Å². The molecule has 0 radical (unpaired) electrons. The second-order valence-electron chi connectivity index (χ2n) is 5.02. The van der Waals surface area contributed by atoms with Crippen LogP contribution in [0, 0.1) is 6.92 Å². The first-order valence-electron chi connectivity index (χ1n) is 6.25. The van der Waals surface area contributed by atoms with E-state index in [0.29, 0.717) is 9.90 Å². The van der Waals surface area contributed by atoms with Crippen LogP contribution in [-0.4, -0.2) is 23.2 Å². The minimum absolute atomic E-state index is 0.000711. The van der Waals surface area contributed by atoms with Gasteiger partial charge in [-0.15, -0.1) is 11.3 Å². The average molecular weight is 288 g/mol. The maximum Gasteiger partial charge on any atom is 0.263 e. The molecule has 0 aromatic carbocycles. The normalized spacial score (nSPS) is 18.6. The van der Waals surface area contributed by atoms with E-state index in [0.717, 1.165) is 31.2 Å². The van der Waals surface area contributed by atoms with E-state index < -0.39 is 5.54 Å². The number of carbonyl (C=O) groups excluding carboxylic acids is 1. The highest BCUT2D eigenvalue weighted by atomic mass is 35.5. The van der Waals surface area contributed by atoms with Crippen LogP contribution < -0.4 is 5.32 Å². The van der Waals surface area contributed by atoms with Crippen LogP contribution in [0.4, 0.5) is 0 Å². The number of amides is 1. The van der Waals surface area contributed by atoms with Gasteiger partial charge in [-0.3, -0.25) is 4.79 Å². The van der Waals surface area contributed by atoms with Crippen LogP contribution in [0.3, 0.4) is 0 Å². The largest absolute Gasteiger partial charge is 0.394 e. The molecule has 0 spiro atoms. The number of thiophene rings is 1. The zero-order valence-corrected chi connectivity index (χ0v) is 12.0. The summed E-state index contributed by atoms with van der Waals surface area (Å²) < 4.78 is 0. The van der Waals surface area contributed by atoms with Gasteiger partial charge in [0.2, 0.25) is 0 Å². The molecule has 1 heterocycles. The fourth-order valence-corrected chi connectivity index (χ4v) is 3.61. The van der Waals surface area contributed by atoms with Gasteiger partial charge in [0.05, 0.1) is 17.2 Å². The molecule has 1 aromatic rings. The average Bonchev–Trinajstić information content (AvgIpc) is 2.71. The lowest BCUT2D eigenvalue weighted by atomic mass is 9.82. The van der Waals surface area contributed by atoms with E-state index in [2.05, 4.69) is 5.32 Å². The van der Waals surface area contributed by atoms with Crippen LogP contribution >= 0.6 is 22.9 Å². The molecule has 1 aromatic heterocycles. The van der Waals surface area contributed by atoms with E-state index in [1.165, 1.54) is 17.8 Å². The second-order valence-corrected chi connectivity index (χ2v) is 6.27. The van der Waals surface area contributed by atoms with Crippen molar-refractivity contribution in [1.29, 1.82) is 0 Å². The number of rotatable bonds is 3. The molecule has 0 unspecified atom stereocenters. The molecule has 0 saturated heterocycles. The van der Waals surface area contributed by atoms with Gasteiger partial charge in [0.1, 0.15) is 4.88 Å². The first-order valence-corrected chi connectivity index (χ1v) is 7.51. The highest BCUT2D eigenvalue weighted by molar-refractivity contribution is 7.13. The summed E-state index contributed by atoms with van der Waals surface area (Å²) in [7, 11) is 0. The molecule has 0 atom stereocenters. The van der Waals surface area contributed by atoms with Crippen molar-refractivity contribution in [3.63, 3.8) is 0 Å². The molecule has 0 aliphatic heterocycles. The zero-order chi connectivity index (χ0) is 13.2. The van der Waals surface area contributed by atoms with Crippen LogP contribution in [-0.2, 0) is 0 Å². The van der Waals surface area contributed by atoms with Crippen molar-refractivity contribution in [2.75, 3.05) is 6.61 Å². The third-order valence-corrected chi connectivity index (χ3v) is 5.29. The number of hydrogen-bond acceptors (Lipinski definition) is 3. The number of nitrogens with one attached hydrogen (secondary N) is 1. The summed E-state index contributed by atoms with van der Waals surface area (Å²) in [5.41, 5.74) is 0.477. The minimum Gasteiger partial charge on any atom is -0.394 e. The van der Waals surface area contributed by atoms with E-state index in [1.807, 2.05) is 12.3 Å². The molecule has 2 N–H and O–H groups in total. The molecule has 1 amide bonds. The molecular weight excluding hydrogens is 270 g/mol. The lowest BCUT2D eigenvalue weighted by Crippen LogP contribution is -2.52. The van der Waals surface area contributed by atoms with Crippen molar-refractivity contribution in [2.45, 2.75) is 44.6 Å². The first kappa shape index (κ1) is 13.8. The smallest absolute Gasteiger partial charge is 0.263 e. The Morgan fingerprint density at radius 2 is 2.17 bits per heavy atom. The Kier molecular flexibility index (Phi) is 4.30. The molecule has 18 heavy (non-hydrogen) atoms. The van der Waals surface area contributed by atoms with Gasteiger partial charge in [0, 0.05) is 0 Å². The van der Waals surface area contributed by atoms with Gasteiger partial charge in [0.15, 0.2) is 0 Å². The lowest BCUT2D eigenvalue weighted by Gasteiger charge is -2.36. The van der Waals surface area contributed by atoms with Crippen molar-refractivity contribution < 1.29 is 9.90 Å². The van der Waals surface area contributed by atoms with Crippen LogP contribution in [0.2, 0.25) is 5.02 Å². The molecule has 1 aliphatic carbocycles. The SMILES string of the molecule is Cc1csc(C(=O)NC2(CO)CCCCC2)c1Cl. The third kappa shape index (κ3) is 2.71. The zero-order valence-electron chi connectivity index (χ0n) is 10.5. The first-order chi connectivity index (χ1) is 8.58.